The highest BCUT2D eigenvalue weighted by atomic mass is 32.1. The molecule has 1 aromatic rings. The molecule has 2 rings (SSSR count). The third-order valence-electron chi connectivity index (χ3n) is 2.84. The molecule has 0 saturated carbocycles. The van der Waals surface area contributed by atoms with Crippen LogP contribution in [0, 0.1) is 0 Å². The largest absolute Gasteiger partial charge is 0.311 e. The van der Waals surface area contributed by atoms with E-state index >= 15 is 0 Å². The van der Waals surface area contributed by atoms with Crippen molar-refractivity contribution in [1.82, 2.24) is 15.2 Å². The Morgan fingerprint density at radius 1 is 1.59 bits per heavy atom. The van der Waals surface area contributed by atoms with Gasteiger partial charge in [-0.3, -0.25) is 9.69 Å². The van der Waals surface area contributed by atoms with Gasteiger partial charge < -0.3 is 10.6 Å². The molecule has 6 heteroatoms. The lowest BCUT2D eigenvalue weighted by Crippen LogP contribution is -2.29. The lowest BCUT2D eigenvalue weighted by Gasteiger charge is -2.23. The first-order valence-corrected chi connectivity index (χ1v) is 6.70. The maximum atomic E-state index is 11.4. The van der Waals surface area contributed by atoms with Crippen LogP contribution >= 0.6 is 11.3 Å². The number of hydrogen-bond donors (Lipinski definition) is 2. The zero-order chi connectivity index (χ0) is 12.3. The third kappa shape index (κ3) is 3.02. The van der Waals surface area contributed by atoms with Crippen LogP contribution in [0.3, 0.4) is 0 Å². The zero-order valence-corrected chi connectivity index (χ0v) is 11.1. The van der Waals surface area contributed by atoms with Crippen LogP contribution < -0.4 is 10.6 Å². The maximum Gasteiger partial charge on any atom is 0.240 e. The average Bonchev–Trinajstić information content (AvgIpc) is 2.69. The monoisotopic (exact) mass is 254 g/mol. The number of carbonyl (C=O) groups is 1. The lowest BCUT2D eigenvalue weighted by atomic mass is 10.2. The second-order valence-corrected chi connectivity index (χ2v) is 5.17. The van der Waals surface area contributed by atoms with E-state index in [4.69, 9.17) is 0 Å². The first-order chi connectivity index (χ1) is 8.22. The number of fused-ring (bicyclic) bond motifs is 1. The normalized spacial score (nSPS) is 15.6. The van der Waals surface area contributed by atoms with Crippen molar-refractivity contribution in [3.05, 3.63) is 10.6 Å². The quantitative estimate of drug-likeness (QED) is 0.829. The average molecular weight is 254 g/mol. The number of amides is 1. The predicted octanol–water partition coefficient (Wildman–Crippen LogP) is 0.679. The molecule has 0 fully saturated rings. The summed E-state index contributed by atoms with van der Waals surface area (Å²) in [5.41, 5.74) is 1.15. The third-order valence-corrected chi connectivity index (χ3v) is 3.84. The molecule has 2 N–H and O–H groups in total. The SMILES string of the molecule is CCN1CCc2nc(NC(=O)CNC)sc2C1. The molecule has 1 aliphatic heterocycles. The number of nitrogens with one attached hydrogen (secondary N) is 2. The van der Waals surface area contributed by atoms with E-state index in [1.54, 1.807) is 18.4 Å². The van der Waals surface area contributed by atoms with Gasteiger partial charge in [0.05, 0.1) is 12.2 Å². The van der Waals surface area contributed by atoms with Crippen LogP contribution in [0.4, 0.5) is 5.13 Å². The maximum absolute atomic E-state index is 11.4. The first kappa shape index (κ1) is 12.5. The molecule has 94 valence electrons. The van der Waals surface area contributed by atoms with Gasteiger partial charge >= 0.3 is 0 Å². The molecule has 0 spiro atoms. The van der Waals surface area contributed by atoms with Crippen LogP contribution in [0.1, 0.15) is 17.5 Å². The summed E-state index contributed by atoms with van der Waals surface area (Å²) in [7, 11) is 1.76. The van der Waals surface area contributed by atoms with Crippen LogP contribution in [-0.2, 0) is 17.8 Å². The minimum absolute atomic E-state index is 0.0362. The standard InChI is InChI=1S/C11H18N4OS/c1-3-15-5-4-8-9(7-15)17-11(13-8)14-10(16)6-12-2/h12H,3-7H2,1-2H3,(H,13,14,16). The van der Waals surface area contributed by atoms with Crippen molar-refractivity contribution in [2.75, 3.05) is 32.0 Å². The van der Waals surface area contributed by atoms with Crippen molar-refractivity contribution < 1.29 is 4.79 Å². The second-order valence-electron chi connectivity index (χ2n) is 4.09. The van der Waals surface area contributed by atoms with Crippen molar-refractivity contribution in [1.29, 1.82) is 0 Å². The number of thiazole rings is 1. The molecule has 0 unspecified atom stereocenters. The number of aromatic nitrogens is 1. The van der Waals surface area contributed by atoms with Gasteiger partial charge in [0.1, 0.15) is 0 Å². The number of anilines is 1. The highest BCUT2D eigenvalue weighted by Gasteiger charge is 2.20. The fourth-order valence-corrected chi connectivity index (χ4v) is 2.96. The van der Waals surface area contributed by atoms with Crippen LogP contribution in [0.5, 0.6) is 0 Å². The fourth-order valence-electron chi connectivity index (χ4n) is 1.90. The van der Waals surface area contributed by atoms with E-state index in [-0.39, 0.29) is 5.91 Å². The van der Waals surface area contributed by atoms with Crippen LogP contribution in [-0.4, -0.2) is 42.5 Å². The van der Waals surface area contributed by atoms with E-state index in [2.05, 4.69) is 27.4 Å². The van der Waals surface area contributed by atoms with Gasteiger partial charge in [-0.05, 0) is 13.6 Å². The van der Waals surface area contributed by atoms with Crippen molar-refractivity contribution in [2.45, 2.75) is 19.9 Å². The Hall–Kier alpha value is -0.980. The van der Waals surface area contributed by atoms with Gasteiger partial charge in [-0.15, -0.1) is 11.3 Å². The minimum atomic E-state index is -0.0362. The molecule has 0 bridgehead atoms. The highest BCUT2D eigenvalue weighted by Crippen LogP contribution is 2.27. The van der Waals surface area contributed by atoms with Gasteiger partial charge in [-0.2, -0.15) is 0 Å². The summed E-state index contributed by atoms with van der Waals surface area (Å²) >= 11 is 1.60. The first-order valence-electron chi connectivity index (χ1n) is 5.88. The second kappa shape index (κ2) is 5.57. The zero-order valence-electron chi connectivity index (χ0n) is 10.2. The number of rotatable bonds is 4. The van der Waals surface area contributed by atoms with Crippen LogP contribution in [0.25, 0.3) is 0 Å². The molecule has 2 heterocycles. The van der Waals surface area contributed by atoms with E-state index in [0.717, 1.165) is 36.9 Å². The molecular weight excluding hydrogens is 236 g/mol. The van der Waals surface area contributed by atoms with E-state index in [1.165, 1.54) is 4.88 Å². The van der Waals surface area contributed by atoms with Crippen LogP contribution in [0.2, 0.25) is 0 Å². The summed E-state index contributed by atoms with van der Waals surface area (Å²) in [6.07, 6.45) is 0.988. The summed E-state index contributed by atoms with van der Waals surface area (Å²) < 4.78 is 0. The Balaban J connectivity index is 2.02. The Labute approximate surface area is 105 Å². The Bertz CT molecular complexity index is 404. The number of hydrogen-bond acceptors (Lipinski definition) is 5. The highest BCUT2D eigenvalue weighted by molar-refractivity contribution is 7.15. The fraction of sp³-hybridized carbons (Fsp3) is 0.636. The van der Waals surface area contributed by atoms with E-state index in [1.807, 2.05) is 0 Å². The summed E-state index contributed by atoms with van der Waals surface area (Å²) in [6.45, 7) is 5.59. The van der Waals surface area contributed by atoms with Crippen molar-refractivity contribution in [3.8, 4) is 0 Å². The van der Waals surface area contributed by atoms with Crippen molar-refractivity contribution >= 4 is 22.4 Å². The number of carbonyl (C=O) groups excluding carboxylic acids is 1. The van der Waals surface area contributed by atoms with E-state index in [0.29, 0.717) is 6.54 Å². The van der Waals surface area contributed by atoms with E-state index < -0.39 is 0 Å². The van der Waals surface area contributed by atoms with Crippen molar-refractivity contribution in [2.24, 2.45) is 0 Å². The molecule has 5 nitrogen and oxygen atoms in total. The van der Waals surface area contributed by atoms with Crippen LogP contribution in [0.15, 0.2) is 0 Å². The van der Waals surface area contributed by atoms with Gasteiger partial charge in [-0.25, -0.2) is 4.98 Å². The van der Waals surface area contributed by atoms with Crippen molar-refractivity contribution in [3.63, 3.8) is 0 Å². The smallest absolute Gasteiger partial charge is 0.240 e. The van der Waals surface area contributed by atoms with E-state index in [9.17, 15) is 4.79 Å². The number of nitrogens with zero attached hydrogens (tertiary/aromatic N) is 2. The Morgan fingerprint density at radius 2 is 2.41 bits per heavy atom. The predicted molar refractivity (Wildman–Crippen MR) is 69.3 cm³/mol. The Morgan fingerprint density at radius 3 is 3.12 bits per heavy atom. The molecule has 0 saturated heterocycles. The number of likely N-dealkylation sites (N-methyl/N-ethyl adjacent to an activating group) is 2. The molecular formula is C11H18N4OS. The molecule has 17 heavy (non-hydrogen) atoms. The van der Waals surface area contributed by atoms with Gasteiger partial charge in [0, 0.05) is 24.4 Å². The molecule has 0 radical (unpaired) electrons. The molecule has 1 amide bonds. The molecule has 1 aromatic heterocycles. The molecule has 1 aliphatic rings. The summed E-state index contributed by atoms with van der Waals surface area (Å²) in [6, 6.07) is 0. The van der Waals surface area contributed by atoms with Gasteiger partial charge in [0.2, 0.25) is 5.91 Å². The van der Waals surface area contributed by atoms with Gasteiger partial charge in [-0.1, -0.05) is 6.92 Å². The summed E-state index contributed by atoms with van der Waals surface area (Å²) in [5.74, 6) is -0.0362. The minimum Gasteiger partial charge on any atom is -0.311 e. The Kier molecular flexibility index (Phi) is 4.09. The topological polar surface area (TPSA) is 57.3 Å². The molecule has 0 atom stereocenters. The van der Waals surface area contributed by atoms with Gasteiger partial charge in [0.25, 0.3) is 0 Å². The summed E-state index contributed by atoms with van der Waals surface area (Å²) in [5, 5.41) is 6.37. The molecule has 0 aliphatic carbocycles. The summed E-state index contributed by atoms with van der Waals surface area (Å²) in [4.78, 5) is 19.6. The molecule has 0 aromatic carbocycles. The van der Waals surface area contributed by atoms with Gasteiger partial charge in [0.15, 0.2) is 5.13 Å². The lowest BCUT2D eigenvalue weighted by molar-refractivity contribution is -0.115.